The van der Waals surface area contributed by atoms with Crippen molar-refractivity contribution in [2.75, 3.05) is 45.5 Å². The van der Waals surface area contributed by atoms with Gasteiger partial charge < -0.3 is 9.47 Å². The SMILES string of the molecule is Cc1nc(S(=O)(=O)N2CCCN(C(=O)C3CCN(S(C)(=O)=O)CC3)CC2)cn1C. The Morgan fingerprint density at radius 1 is 1.00 bits per heavy atom. The van der Waals surface area contributed by atoms with Gasteiger partial charge in [0.2, 0.25) is 15.9 Å². The van der Waals surface area contributed by atoms with Gasteiger partial charge in [-0.1, -0.05) is 0 Å². The van der Waals surface area contributed by atoms with Crippen LogP contribution in [-0.2, 0) is 31.9 Å². The van der Waals surface area contributed by atoms with E-state index in [9.17, 15) is 21.6 Å². The van der Waals surface area contributed by atoms with Crippen molar-refractivity contribution in [1.82, 2.24) is 23.1 Å². The molecule has 12 heteroatoms. The van der Waals surface area contributed by atoms with Crippen LogP contribution in [0.2, 0.25) is 0 Å². The molecule has 0 atom stereocenters. The van der Waals surface area contributed by atoms with Gasteiger partial charge in [-0.15, -0.1) is 0 Å². The van der Waals surface area contributed by atoms with Crippen LogP contribution in [0.15, 0.2) is 11.2 Å². The molecular weight excluding hydrogens is 418 g/mol. The van der Waals surface area contributed by atoms with Crippen molar-refractivity contribution < 1.29 is 21.6 Å². The molecule has 0 aromatic carbocycles. The molecule has 2 aliphatic heterocycles. The number of carbonyl (C=O) groups is 1. The van der Waals surface area contributed by atoms with Crippen LogP contribution in [0.5, 0.6) is 0 Å². The molecule has 0 radical (unpaired) electrons. The highest BCUT2D eigenvalue weighted by Gasteiger charge is 2.34. The molecule has 0 bridgehead atoms. The molecule has 1 amide bonds. The largest absolute Gasteiger partial charge is 0.341 e. The number of imidazole rings is 1. The number of hydrogen-bond donors (Lipinski definition) is 0. The Morgan fingerprint density at radius 3 is 2.21 bits per heavy atom. The highest BCUT2D eigenvalue weighted by atomic mass is 32.2. The average Bonchev–Trinajstić information content (AvgIpc) is 2.86. The number of rotatable bonds is 4. The van der Waals surface area contributed by atoms with Gasteiger partial charge in [-0.3, -0.25) is 4.79 Å². The first-order valence-electron chi connectivity index (χ1n) is 9.74. The Bertz CT molecular complexity index is 945. The molecule has 10 nitrogen and oxygen atoms in total. The fraction of sp³-hybridized carbons (Fsp3) is 0.765. The van der Waals surface area contributed by atoms with Crippen molar-refractivity contribution in [3.05, 3.63) is 12.0 Å². The van der Waals surface area contributed by atoms with E-state index in [1.807, 2.05) is 0 Å². The third-order valence-electron chi connectivity index (χ3n) is 5.73. The maximum Gasteiger partial charge on any atom is 0.262 e. The van der Waals surface area contributed by atoms with E-state index in [1.165, 1.54) is 21.1 Å². The van der Waals surface area contributed by atoms with Gasteiger partial charge >= 0.3 is 0 Å². The Balaban J connectivity index is 1.62. The first-order valence-corrected chi connectivity index (χ1v) is 13.0. The fourth-order valence-corrected chi connectivity index (χ4v) is 6.20. The summed E-state index contributed by atoms with van der Waals surface area (Å²) in [4.78, 5) is 18.8. The molecule has 2 saturated heterocycles. The maximum absolute atomic E-state index is 12.9. The molecule has 29 heavy (non-hydrogen) atoms. The molecular formula is C17H29N5O5S2. The molecule has 0 spiro atoms. The third-order valence-corrected chi connectivity index (χ3v) is 8.80. The first kappa shape index (κ1) is 22.2. The Kier molecular flexibility index (Phi) is 6.37. The van der Waals surface area contributed by atoms with Crippen LogP contribution in [0.3, 0.4) is 0 Å². The monoisotopic (exact) mass is 447 g/mol. The van der Waals surface area contributed by atoms with Gasteiger partial charge in [0.15, 0.2) is 5.03 Å². The second kappa shape index (κ2) is 8.32. The zero-order valence-corrected chi connectivity index (χ0v) is 18.7. The van der Waals surface area contributed by atoms with E-state index in [4.69, 9.17) is 0 Å². The van der Waals surface area contributed by atoms with Crippen molar-refractivity contribution in [2.45, 2.75) is 31.2 Å². The smallest absolute Gasteiger partial charge is 0.262 e. The van der Waals surface area contributed by atoms with Crippen LogP contribution >= 0.6 is 0 Å². The zero-order chi connectivity index (χ0) is 21.4. The fourth-order valence-electron chi connectivity index (χ4n) is 3.83. The van der Waals surface area contributed by atoms with E-state index in [-0.39, 0.29) is 23.4 Å². The maximum atomic E-state index is 12.9. The number of amides is 1. The molecule has 0 aliphatic carbocycles. The molecule has 0 saturated carbocycles. The van der Waals surface area contributed by atoms with Gasteiger partial charge in [0.05, 0.1) is 6.26 Å². The molecule has 3 heterocycles. The van der Waals surface area contributed by atoms with Gasteiger partial charge in [0.1, 0.15) is 5.82 Å². The third kappa shape index (κ3) is 4.81. The second-order valence-electron chi connectivity index (χ2n) is 7.76. The minimum atomic E-state index is -3.69. The summed E-state index contributed by atoms with van der Waals surface area (Å²) in [6.45, 7) is 3.84. The Hall–Kier alpha value is -1.50. The van der Waals surface area contributed by atoms with Crippen LogP contribution in [-0.4, -0.2) is 91.3 Å². The van der Waals surface area contributed by atoms with Crippen LogP contribution in [0.4, 0.5) is 0 Å². The lowest BCUT2D eigenvalue weighted by Gasteiger charge is -2.32. The van der Waals surface area contributed by atoms with Crippen molar-refractivity contribution in [1.29, 1.82) is 0 Å². The van der Waals surface area contributed by atoms with E-state index < -0.39 is 20.0 Å². The van der Waals surface area contributed by atoms with Gasteiger partial charge in [0, 0.05) is 58.4 Å². The summed E-state index contributed by atoms with van der Waals surface area (Å²) >= 11 is 0. The van der Waals surface area contributed by atoms with Crippen molar-refractivity contribution in [3.8, 4) is 0 Å². The van der Waals surface area contributed by atoms with Crippen LogP contribution < -0.4 is 0 Å². The minimum absolute atomic E-state index is 0.00826. The molecule has 0 N–H and O–H groups in total. The number of sulfonamides is 2. The van der Waals surface area contributed by atoms with Gasteiger partial charge in [-0.25, -0.2) is 26.1 Å². The van der Waals surface area contributed by atoms with Crippen LogP contribution in [0.1, 0.15) is 25.1 Å². The number of aryl methyl sites for hydroxylation is 2. The molecule has 3 rings (SSSR count). The summed E-state index contributed by atoms with van der Waals surface area (Å²) in [5.74, 6) is 0.399. The predicted octanol–water partition coefficient (Wildman–Crippen LogP) is -0.377. The molecule has 2 aliphatic rings. The van der Waals surface area contributed by atoms with E-state index in [0.29, 0.717) is 57.8 Å². The molecule has 164 valence electrons. The number of aromatic nitrogens is 2. The van der Waals surface area contributed by atoms with Crippen LogP contribution in [0, 0.1) is 12.8 Å². The topological polar surface area (TPSA) is 113 Å². The quantitative estimate of drug-likeness (QED) is 0.622. The van der Waals surface area contributed by atoms with Gasteiger partial charge in [-0.2, -0.15) is 4.31 Å². The molecule has 1 aromatic rings. The van der Waals surface area contributed by atoms with Gasteiger partial charge in [0.25, 0.3) is 10.0 Å². The molecule has 0 unspecified atom stereocenters. The lowest BCUT2D eigenvalue weighted by atomic mass is 9.96. The summed E-state index contributed by atoms with van der Waals surface area (Å²) in [5, 5.41) is 0.0328. The van der Waals surface area contributed by atoms with E-state index in [1.54, 1.807) is 23.4 Å². The number of nitrogens with zero attached hydrogens (tertiary/aromatic N) is 5. The summed E-state index contributed by atoms with van der Waals surface area (Å²) in [6, 6.07) is 0. The number of carbonyl (C=O) groups excluding carboxylic acids is 1. The summed E-state index contributed by atoms with van der Waals surface area (Å²) in [5.41, 5.74) is 0. The highest BCUT2D eigenvalue weighted by molar-refractivity contribution is 7.89. The lowest BCUT2D eigenvalue weighted by molar-refractivity contribution is -0.136. The Morgan fingerprint density at radius 2 is 1.66 bits per heavy atom. The summed E-state index contributed by atoms with van der Waals surface area (Å²) < 4.78 is 53.6. The minimum Gasteiger partial charge on any atom is -0.341 e. The lowest BCUT2D eigenvalue weighted by Crippen LogP contribution is -2.45. The normalized spacial score (nSPS) is 21.3. The molecule has 2 fully saturated rings. The first-order chi connectivity index (χ1) is 13.5. The van der Waals surface area contributed by atoms with Crippen molar-refractivity contribution >= 4 is 26.0 Å². The summed E-state index contributed by atoms with van der Waals surface area (Å²) in [7, 11) is -5.18. The van der Waals surface area contributed by atoms with Crippen molar-refractivity contribution in [3.63, 3.8) is 0 Å². The van der Waals surface area contributed by atoms with Crippen molar-refractivity contribution in [2.24, 2.45) is 13.0 Å². The van der Waals surface area contributed by atoms with Crippen LogP contribution in [0.25, 0.3) is 0 Å². The van der Waals surface area contributed by atoms with Gasteiger partial charge in [-0.05, 0) is 26.2 Å². The second-order valence-corrected chi connectivity index (χ2v) is 11.6. The number of piperidine rings is 1. The standard InChI is InChI=1S/C17H29N5O5S2/c1-14-18-16(13-19(14)2)29(26,27)22-8-4-7-20(11-12-22)17(23)15-5-9-21(10-6-15)28(3,24)25/h13,15H,4-12H2,1-3H3. The average molecular weight is 448 g/mol. The van der Waals surface area contributed by atoms with E-state index >= 15 is 0 Å². The van der Waals surface area contributed by atoms with E-state index in [0.717, 1.165) is 0 Å². The Labute approximate surface area is 172 Å². The number of hydrogen-bond acceptors (Lipinski definition) is 6. The van der Waals surface area contributed by atoms with E-state index in [2.05, 4.69) is 4.98 Å². The molecule has 1 aromatic heterocycles. The zero-order valence-electron chi connectivity index (χ0n) is 17.1. The highest BCUT2D eigenvalue weighted by Crippen LogP contribution is 2.23. The predicted molar refractivity (Wildman–Crippen MR) is 107 cm³/mol. The summed E-state index contributed by atoms with van der Waals surface area (Å²) in [6.07, 6.45) is 4.24.